The molecule has 0 aliphatic rings. The summed E-state index contributed by atoms with van der Waals surface area (Å²) in [6.07, 6.45) is 0. The Balaban J connectivity index is 2.83. The first-order valence-corrected chi connectivity index (χ1v) is 8.51. The predicted molar refractivity (Wildman–Crippen MR) is 86.3 cm³/mol. The van der Waals surface area contributed by atoms with E-state index in [9.17, 15) is 23.1 Å². The molecule has 10 heteroatoms. The lowest BCUT2D eigenvalue weighted by atomic mass is 10.2. The van der Waals surface area contributed by atoms with E-state index < -0.39 is 45.1 Å². The monoisotopic (exact) mass is 360 g/mol. The summed E-state index contributed by atoms with van der Waals surface area (Å²) in [6, 6.07) is 1.69. The van der Waals surface area contributed by atoms with Crippen molar-refractivity contribution in [2.24, 2.45) is 5.73 Å². The second kappa shape index (κ2) is 7.05. The number of esters is 1. The number of nitrogens with two attached hydrogens (primary N) is 1. The minimum absolute atomic E-state index is 0.207. The van der Waals surface area contributed by atoms with Gasteiger partial charge in [-0.2, -0.15) is 0 Å². The first-order valence-electron chi connectivity index (χ1n) is 6.86. The molecule has 0 aliphatic heterocycles. The molecule has 9 nitrogen and oxygen atoms in total. The molecule has 0 radical (unpaired) electrons. The lowest BCUT2D eigenvalue weighted by Gasteiger charge is -2.22. The summed E-state index contributed by atoms with van der Waals surface area (Å²) in [7, 11) is -4.07. The first kappa shape index (κ1) is 19.7. The van der Waals surface area contributed by atoms with Gasteiger partial charge in [0.1, 0.15) is 17.4 Å². The van der Waals surface area contributed by atoms with E-state index >= 15 is 0 Å². The molecule has 0 spiro atoms. The smallest absolute Gasteiger partial charge is 0.335 e. The number of carbonyl (C=O) groups is 2. The number of anilines is 1. The molecule has 0 bridgehead atoms. The Labute approximate surface area is 139 Å². The highest BCUT2D eigenvalue weighted by Gasteiger charge is 2.27. The maximum atomic E-state index is 12.0. The van der Waals surface area contributed by atoms with Crippen LogP contribution in [0.15, 0.2) is 18.2 Å². The molecule has 0 aromatic heterocycles. The molecule has 1 atom stereocenters. The second-order valence-electron chi connectivity index (χ2n) is 6.06. The molecule has 1 aromatic carbocycles. The Morgan fingerprint density at radius 1 is 1.33 bits per heavy atom. The van der Waals surface area contributed by atoms with E-state index in [1.807, 2.05) is 4.72 Å². The van der Waals surface area contributed by atoms with Crippen LogP contribution in [-0.4, -0.2) is 48.0 Å². The Morgan fingerprint density at radius 3 is 2.38 bits per heavy atom. The number of hydrogen-bond acceptors (Lipinski definition) is 7. The third-order valence-electron chi connectivity index (χ3n) is 2.62. The van der Waals surface area contributed by atoms with Crippen LogP contribution in [0, 0.1) is 0 Å². The molecule has 0 aliphatic carbocycles. The summed E-state index contributed by atoms with van der Waals surface area (Å²) < 4.78 is 31.1. The largest absolute Gasteiger partial charge is 0.506 e. The minimum Gasteiger partial charge on any atom is -0.506 e. The van der Waals surface area contributed by atoms with Crippen molar-refractivity contribution >= 4 is 27.6 Å². The normalized spacial score (nSPS) is 13.2. The minimum atomic E-state index is -4.07. The Kier molecular flexibility index (Phi) is 5.80. The van der Waals surface area contributed by atoms with Crippen LogP contribution in [0.2, 0.25) is 0 Å². The number of phenolic OH excluding ortho intramolecular Hbond substituents is 1. The summed E-state index contributed by atoms with van der Waals surface area (Å²) in [5, 5.41) is 18.5. The number of hydrogen-bond donors (Lipinski definition) is 4. The van der Waals surface area contributed by atoms with Crippen LogP contribution in [0.5, 0.6) is 5.75 Å². The third kappa shape index (κ3) is 6.05. The molecule has 0 heterocycles. The number of aromatic carboxylic acids is 1. The fourth-order valence-electron chi connectivity index (χ4n) is 1.64. The highest BCUT2D eigenvalue weighted by Crippen LogP contribution is 2.25. The van der Waals surface area contributed by atoms with E-state index in [1.54, 1.807) is 20.8 Å². The number of carboxylic acids is 1. The average molecular weight is 360 g/mol. The van der Waals surface area contributed by atoms with Crippen LogP contribution in [0.1, 0.15) is 31.1 Å². The van der Waals surface area contributed by atoms with E-state index in [0.29, 0.717) is 0 Å². The predicted octanol–water partition coefficient (Wildman–Crippen LogP) is 0.501. The fourth-order valence-corrected chi connectivity index (χ4v) is 2.84. The molecule has 0 amide bonds. The van der Waals surface area contributed by atoms with E-state index in [0.717, 1.165) is 18.2 Å². The zero-order chi connectivity index (χ0) is 18.7. The van der Waals surface area contributed by atoms with Crippen LogP contribution in [0.3, 0.4) is 0 Å². The number of sulfonamides is 1. The van der Waals surface area contributed by atoms with Crippen molar-refractivity contribution in [2.75, 3.05) is 10.5 Å². The zero-order valence-corrected chi connectivity index (χ0v) is 14.3. The number of rotatable bonds is 6. The molecular formula is C14H20N2O7S. The van der Waals surface area contributed by atoms with Gasteiger partial charge in [-0.15, -0.1) is 0 Å². The van der Waals surface area contributed by atoms with Crippen molar-refractivity contribution in [3.05, 3.63) is 23.8 Å². The van der Waals surface area contributed by atoms with Crippen molar-refractivity contribution in [2.45, 2.75) is 32.4 Å². The highest BCUT2D eigenvalue weighted by atomic mass is 32.2. The van der Waals surface area contributed by atoms with Crippen molar-refractivity contribution in [1.82, 2.24) is 0 Å². The van der Waals surface area contributed by atoms with Crippen LogP contribution >= 0.6 is 0 Å². The van der Waals surface area contributed by atoms with Gasteiger partial charge in [-0.1, -0.05) is 0 Å². The van der Waals surface area contributed by atoms with Crippen LogP contribution < -0.4 is 10.5 Å². The third-order valence-corrected chi connectivity index (χ3v) is 3.95. The van der Waals surface area contributed by atoms with Gasteiger partial charge in [-0.05, 0) is 39.0 Å². The number of nitrogens with one attached hydrogen (secondary N) is 1. The molecule has 1 rings (SSSR count). The Morgan fingerprint density at radius 2 is 1.92 bits per heavy atom. The summed E-state index contributed by atoms with van der Waals surface area (Å²) in [4.78, 5) is 22.5. The summed E-state index contributed by atoms with van der Waals surface area (Å²) in [6.45, 7) is 4.85. The standard InChI is InChI=1S/C14H20N2O7S/c1-14(2,3)23-13(20)9(15)7-24(21,22)16-10-5-4-8(12(18)19)6-11(10)17/h4-6,9,16-17H,7,15H2,1-3H3,(H,18,19). The number of carboxylic acid groups (broad SMARTS) is 1. The Hall–Kier alpha value is -2.33. The number of benzene rings is 1. The van der Waals surface area contributed by atoms with Crippen LogP contribution in [0.25, 0.3) is 0 Å². The van der Waals surface area contributed by atoms with Gasteiger partial charge in [0.15, 0.2) is 0 Å². The van der Waals surface area contributed by atoms with Gasteiger partial charge in [0.2, 0.25) is 10.0 Å². The summed E-state index contributed by atoms with van der Waals surface area (Å²) in [5.41, 5.74) is 4.29. The van der Waals surface area contributed by atoms with Gasteiger partial charge in [-0.3, -0.25) is 9.52 Å². The van der Waals surface area contributed by atoms with Crippen LogP contribution in [-0.2, 0) is 19.6 Å². The lowest BCUT2D eigenvalue weighted by Crippen LogP contribution is -2.43. The topological polar surface area (TPSA) is 156 Å². The quantitative estimate of drug-likeness (QED) is 0.422. The number of ether oxygens (including phenoxy) is 1. The van der Waals surface area contributed by atoms with Gasteiger partial charge in [0.05, 0.1) is 17.0 Å². The lowest BCUT2D eigenvalue weighted by molar-refractivity contribution is -0.155. The van der Waals surface area contributed by atoms with Gasteiger partial charge in [0.25, 0.3) is 0 Å². The molecule has 5 N–H and O–H groups in total. The van der Waals surface area contributed by atoms with E-state index in [1.165, 1.54) is 0 Å². The number of carbonyl (C=O) groups excluding carboxylic acids is 1. The molecule has 0 fully saturated rings. The van der Waals surface area contributed by atoms with Crippen molar-refractivity contribution in [3.8, 4) is 5.75 Å². The van der Waals surface area contributed by atoms with Gasteiger partial charge in [-0.25, -0.2) is 13.2 Å². The summed E-state index contributed by atoms with van der Waals surface area (Å²) in [5.74, 6) is -3.48. The first-order chi connectivity index (χ1) is 10.8. The maximum Gasteiger partial charge on any atom is 0.335 e. The van der Waals surface area contributed by atoms with Gasteiger partial charge < -0.3 is 20.7 Å². The number of aromatic hydroxyl groups is 1. The molecule has 0 saturated carbocycles. The molecular weight excluding hydrogens is 340 g/mol. The van der Waals surface area contributed by atoms with E-state index in [2.05, 4.69) is 0 Å². The van der Waals surface area contributed by atoms with Crippen molar-refractivity contribution in [3.63, 3.8) is 0 Å². The Bertz CT molecular complexity index is 738. The fraction of sp³-hybridized carbons (Fsp3) is 0.429. The van der Waals surface area contributed by atoms with E-state index in [-0.39, 0.29) is 11.3 Å². The van der Waals surface area contributed by atoms with Gasteiger partial charge in [0, 0.05) is 0 Å². The maximum absolute atomic E-state index is 12.0. The van der Waals surface area contributed by atoms with E-state index in [4.69, 9.17) is 15.6 Å². The van der Waals surface area contributed by atoms with Gasteiger partial charge >= 0.3 is 11.9 Å². The molecule has 134 valence electrons. The zero-order valence-electron chi connectivity index (χ0n) is 13.4. The molecule has 1 unspecified atom stereocenters. The molecule has 24 heavy (non-hydrogen) atoms. The van der Waals surface area contributed by atoms with Crippen LogP contribution in [0.4, 0.5) is 5.69 Å². The molecule has 1 aromatic rings. The average Bonchev–Trinajstić information content (AvgIpc) is 2.38. The SMILES string of the molecule is CC(C)(C)OC(=O)C(N)CS(=O)(=O)Nc1ccc(C(=O)O)cc1O. The van der Waals surface area contributed by atoms with Crippen molar-refractivity contribution in [1.29, 1.82) is 0 Å². The molecule has 0 saturated heterocycles. The second-order valence-corrected chi connectivity index (χ2v) is 7.83. The summed E-state index contributed by atoms with van der Waals surface area (Å²) >= 11 is 0. The van der Waals surface area contributed by atoms with Crippen molar-refractivity contribution < 1.29 is 33.0 Å². The highest BCUT2D eigenvalue weighted by molar-refractivity contribution is 7.92. The number of phenols is 1.